The van der Waals surface area contributed by atoms with E-state index < -0.39 is 28.5 Å². The minimum Gasteiger partial charge on any atom is -0.456 e. The zero-order valence-corrected chi connectivity index (χ0v) is 19.0. The summed E-state index contributed by atoms with van der Waals surface area (Å²) >= 11 is 1.27. The van der Waals surface area contributed by atoms with Gasteiger partial charge >= 0.3 is 5.97 Å². The fraction of sp³-hybridized carbons (Fsp3) is 0.227. The highest BCUT2D eigenvalue weighted by Gasteiger charge is 2.15. The molecule has 3 aromatic rings. The molecule has 0 unspecified atom stereocenters. The molecule has 168 valence electrons. The van der Waals surface area contributed by atoms with E-state index in [9.17, 15) is 18.0 Å². The van der Waals surface area contributed by atoms with E-state index in [2.05, 4.69) is 21.9 Å². The molecule has 2 N–H and O–H groups in total. The number of carbonyl (C=O) groups excluding carboxylic acids is 2. The number of aromatic nitrogens is 1. The number of hydrogen-bond donors (Lipinski definition) is 2. The highest BCUT2D eigenvalue weighted by atomic mass is 32.2. The van der Waals surface area contributed by atoms with Crippen molar-refractivity contribution >= 4 is 38.4 Å². The van der Waals surface area contributed by atoms with Crippen LogP contribution in [-0.2, 0) is 30.8 Å². The van der Waals surface area contributed by atoms with Crippen LogP contribution in [0.15, 0.2) is 64.9 Å². The molecule has 0 spiro atoms. The van der Waals surface area contributed by atoms with Crippen molar-refractivity contribution in [1.82, 2.24) is 9.71 Å². The molecule has 0 aliphatic carbocycles. The molecule has 0 atom stereocenters. The average Bonchev–Trinajstić information content (AvgIpc) is 3.26. The van der Waals surface area contributed by atoms with Crippen LogP contribution in [0.2, 0.25) is 0 Å². The van der Waals surface area contributed by atoms with Crippen molar-refractivity contribution in [3.8, 4) is 11.3 Å². The van der Waals surface area contributed by atoms with Crippen LogP contribution in [0.3, 0.4) is 0 Å². The zero-order chi connectivity index (χ0) is 23.0. The molecular formula is C22H23N3O5S2. The van der Waals surface area contributed by atoms with Gasteiger partial charge in [0.15, 0.2) is 11.7 Å². The van der Waals surface area contributed by atoms with E-state index in [4.69, 9.17) is 4.74 Å². The van der Waals surface area contributed by atoms with Gasteiger partial charge in [-0.15, -0.1) is 11.3 Å². The third kappa shape index (κ3) is 6.71. The number of nitrogens with one attached hydrogen (secondary N) is 2. The minimum atomic E-state index is -3.70. The third-order valence-corrected chi connectivity index (χ3v) is 6.68. The molecule has 3 rings (SSSR count). The van der Waals surface area contributed by atoms with Crippen molar-refractivity contribution < 1.29 is 22.7 Å². The van der Waals surface area contributed by atoms with Gasteiger partial charge in [0.25, 0.3) is 5.91 Å². The monoisotopic (exact) mass is 473 g/mol. The van der Waals surface area contributed by atoms with E-state index in [1.54, 1.807) is 18.2 Å². The molecule has 1 heterocycles. The van der Waals surface area contributed by atoms with Crippen LogP contribution in [0.1, 0.15) is 18.9 Å². The van der Waals surface area contributed by atoms with Crippen molar-refractivity contribution in [2.75, 3.05) is 18.5 Å². The van der Waals surface area contributed by atoms with Crippen LogP contribution in [0, 0.1) is 0 Å². The number of carbonyl (C=O) groups is 2. The standard InChI is InChI=1S/C22H23N3O5S2/c1-2-16-8-10-17(11-9-16)19-15-31-22(24-19)25-20(26)14-30-21(27)12-13-23-32(28,29)18-6-4-3-5-7-18/h3-11,15,23H,2,12-14H2,1H3,(H,24,25,26). The van der Waals surface area contributed by atoms with E-state index in [-0.39, 0.29) is 17.9 Å². The number of thiazole rings is 1. The molecule has 0 fully saturated rings. The summed E-state index contributed by atoms with van der Waals surface area (Å²) in [5, 5.41) is 4.83. The number of rotatable bonds is 10. The van der Waals surface area contributed by atoms with Gasteiger partial charge in [0.2, 0.25) is 10.0 Å². The van der Waals surface area contributed by atoms with E-state index in [1.165, 1.54) is 29.0 Å². The predicted octanol–water partition coefficient (Wildman–Crippen LogP) is 3.22. The number of esters is 1. The van der Waals surface area contributed by atoms with Crippen LogP contribution < -0.4 is 10.0 Å². The molecule has 1 aromatic heterocycles. The number of benzene rings is 2. The van der Waals surface area contributed by atoms with E-state index in [1.807, 2.05) is 29.6 Å². The fourth-order valence-corrected chi connectivity index (χ4v) is 4.51. The normalized spacial score (nSPS) is 11.2. The van der Waals surface area contributed by atoms with Gasteiger partial charge in [-0.05, 0) is 24.1 Å². The van der Waals surface area contributed by atoms with Crippen LogP contribution in [-0.4, -0.2) is 38.4 Å². The second-order valence-electron chi connectivity index (χ2n) is 6.76. The van der Waals surface area contributed by atoms with Crippen molar-refractivity contribution in [2.24, 2.45) is 0 Å². The number of hydrogen-bond acceptors (Lipinski definition) is 7. The molecule has 2 aromatic carbocycles. The first-order chi connectivity index (χ1) is 15.4. The molecular weight excluding hydrogens is 450 g/mol. The lowest BCUT2D eigenvalue weighted by molar-refractivity contribution is -0.147. The Bertz CT molecular complexity index is 1160. The number of anilines is 1. The van der Waals surface area contributed by atoms with Crippen molar-refractivity contribution in [3.63, 3.8) is 0 Å². The largest absolute Gasteiger partial charge is 0.456 e. The van der Waals surface area contributed by atoms with Crippen LogP contribution >= 0.6 is 11.3 Å². The van der Waals surface area contributed by atoms with Gasteiger partial charge in [-0.1, -0.05) is 49.4 Å². The zero-order valence-electron chi connectivity index (χ0n) is 17.4. The molecule has 0 aliphatic rings. The maximum Gasteiger partial charge on any atom is 0.307 e. The Morgan fingerprint density at radius 3 is 2.47 bits per heavy atom. The van der Waals surface area contributed by atoms with Gasteiger partial charge in [-0.25, -0.2) is 18.1 Å². The number of sulfonamides is 1. The lowest BCUT2D eigenvalue weighted by Crippen LogP contribution is -2.27. The smallest absolute Gasteiger partial charge is 0.307 e. The van der Waals surface area contributed by atoms with Gasteiger partial charge in [0.1, 0.15) is 0 Å². The SMILES string of the molecule is CCc1ccc(-c2csc(NC(=O)COC(=O)CCNS(=O)(=O)c3ccccc3)n2)cc1. The summed E-state index contributed by atoms with van der Waals surface area (Å²) in [7, 11) is -3.70. The summed E-state index contributed by atoms with van der Waals surface area (Å²) in [5.74, 6) is -1.21. The maximum atomic E-state index is 12.1. The number of nitrogens with zero attached hydrogens (tertiary/aromatic N) is 1. The Hall–Kier alpha value is -3.08. The lowest BCUT2D eigenvalue weighted by atomic mass is 10.1. The minimum absolute atomic E-state index is 0.108. The van der Waals surface area contributed by atoms with Gasteiger partial charge in [-0.2, -0.15) is 0 Å². The van der Waals surface area contributed by atoms with Crippen LogP contribution in [0.25, 0.3) is 11.3 Å². The first kappa shape index (κ1) is 23.6. The molecule has 10 heteroatoms. The number of aryl methyl sites for hydroxylation is 1. The second-order valence-corrected chi connectivity index (χ2v) is 9.38. The highest BCUT2D eigenvalue weighted by Crippen LogP contribution is 2.25. The topological polar surface area (TPSA) is 114 Å². The Morgan fingerprint density at radius 1 is 1.06 bits per heavy atom. The Kier molecular flexibility index (Phi) is 8.09. The molecule has 0 radical (unpaired) electrons. The summed E-state index contributed by atoms with van der Waals surface area (Å²) in [4.78, 5) is 28.3. The summed E-state index contributed by atoms with van der Waals surface area (Å²) in [6.07, 6.45) is 0.755. The summed E-state index contributed by atoms with van der Waals surface area (Å²) in [5.41, 5.74) is 2.92. The third-order valence-electron chi connectivity index (χ3n) is 4.45. The second kappa shape index (κ2) is 11.0. The molecule has 32 heavy (non-hydrogen) atoms. The first-order valence-electron chi connectivity index (χ1n) is 9.92. The average molecular weight is 474 g/mol. The van der Waals surface area contributed by atoms with E-state index in [0.29, 0.717) is 5.13 Å². The Balaban J connectivity index is 1.41. The first-order valence-corrected chi connectivity index (χ1v) is 12.3. The molecule has 0 aliphatic heterocycles. The highest BCUT2D eigenvalue weighted by molar-refractivity contribution is 7.89. The van der Waals surface area contributed by atoms with Crippen LogP contribution in [0.5, 0.6) is 0 Å². The van der Waals surface area contributed by atoms with Crippen molar-refractivity contribution in [3.05, 3.63) is 65.5 Å². The van der Waals surface area contributed by atoms with Gasteiger partial charge in [-0.3, -0.25) is 14.9 Å². The Labute approximate surface area is 190 Å². The molecule has 0 saturated heterocycles. The van der Waals surface area contributed by atoms with E-state index in [0.717, 1.165) is 17.7 Å². The number of amides is 1. The molecule has 0 bridgehead atoms. The van der Waals surface area contributed by atoms with Crippen LogP contribution in [0.4, 0.5) is 5.13 Å². The lowest BCUT2D eigenvalue weighted by Gasteiger charge is -2.07. The van der Waals surface area contributed by atoms with Gasteiger partial charge in [0.05, 0.1) is 17.0 Å². The fourth-order valence-electron chi connectivity index (χ4n) is 2.72. The maximum absolute atomic E-state index is 12.1. The summed E-state index contributed by atoms with van der Waals surface area (Å²) < 4.78 is 31.4. The predicted molar refractivity (Wildman–Crippen MR) is 123 cm³/mol. The van der Waals surface area contributed by atoms with E-state index >= 15 is 0 Å². The quantitative estimate of drug-likeness (QED) is 0.437. The summed E-state index contributed by atoms with van der Waals surface area (Å²) in [6.45, 7) is 1.47. The van der Waals surface area contributed by atoms with Gasteiger partial charge < -0.3 is 4.74 Å². The Morgan fingerprint density at radius 2 is 1.78 bits per heavy atom. The van der Waals surface area contributed by atoms with Crippen molar-refractivity contribution in [1.29, 1.82) is 0 Å². The molecule has 0 saturated carbocycles. The van der Waals surface area contributed by atoms with Gasteiger partial charge in [0, 0.05) is 17.5 Å². The van der Waals surface area contributed by atoms with Crippen molar-refractivity contribution in [2.45, 2.75) is 24.7 Å². The molecule has 1 amide bonds. The molecule has 8 nitrogen and oxygen atoms in total. The number of ether oxygens (including phenoxy) is 1. The summed E-state index contributed by atoms with van der Waals surface area (Å²) in [6, 6.07) is 15.9.